The largest absolute Gasteiger partial charge is 0.481 e. The van der Waals surface area contributed by atoms with E-state index >= 15 is 0 Å². The average molecular weight is 317 g/mol. The number of amides is 1. The van der Waals surface area contributed by atoms with Gasteiger partial charge in [-0.2, -0.15) is 11.8 Å². The van der Waals surface area contributed by atoms with Crippen LogP contribution >= 0.6 is 11.8 Å². The molecule has 0 saturated heterocycles. The molecule has 0 aliphatic heterocycles. The summed E-state index contributed by atoms with van der Waals surface area (Å²) in [6, 6.07) is 3.38. The van der Waals surface area contributed by atoms with Crippen molar-refractivity contribution in [3.05, 3.63) is 35.4 Å². The van der Waals surface area contributed by atoms with E-state index in [1.54, 1.807) is 13.2 Å². The Kier molecular flexibility index (Phi) is 6.61. The summed E-state index contributed by atoms with van der Waals surface area (Å²) >= 11 is 1.34. The van der Waals surface area contributed by atoms with Crippen molar-refractivity contribution in [1.29, 1.82) is 0 Å². The normalized spacial score (nSPS) is 12.0. The van der Waals surface area contributed by atoms with E-state index < -0.39 is 17.6 Å². The van der Waals surface area contributed by atoms with Gasteiger partial charge in [-0.25, -0.2) is 8.78 Å². The summed E-state index contributed by atoms with van der Waals surface area (Å²) in [5, 5.41) is 8.40. The molecule has 0 heterocycles. The second-order valence-electron chi connectivity index (χ2n) is 4.53. The Hall–Kier alpha value is -1.63. The Bertz CT molecular complexity index is 525. The van der Waals surface area contributed by atoms with E-state index in [9.17, 15) is 18.4 Å². The maximum absolute atomic E-state index is 13.2. The monoisotopic (exact) mass is 317 g/mol. The molecule has 0 bridgehead atoms. The molecular weight excluding hydrogens is 300 g/mol. The van der Waals surface area contributed by atoms with Crippen molar-refractivity contribution < 1.29 is 23.5 Å². The number of aliphatic carboxylic acids is 1. The SMILES string of the molecule is CSC(C)C(=O)N(CCC(=O)O)Cc1ccc(F)c(F)c1. The number of thioether (sulfide) groups is 1. The number of carbonyl (C=O) groups excluding carboxylic acids is 1. The van der Waals surface area contributed by atoms with Crippen molar-refractivity contribution in [1.82, 2.24) is 4.90 Å². The Balaban J connectivity index is 2.87. The van der Waals surface area contributed by atoms with Gasteiger partial charge in [0.2, 0.25) is 5.91 Å². The highest BCUT2D eigenvalue weighted by atomic mass is 32.2. The lowest BCUT2D eigenvalue weighted by molar-refractivity contribution is -0.138. The first-order valence-electron chi connectivity index (χ1n) is 6.32. The number of carbonyl (C=O) groups is 2. The highest BCUT2D eigenvalue weighted by Crippen LogP contribution is 2.15. The van der Waals surface area contributed by atoms with E-state index in [0.29, 0.717) is 5.56 Å². The number of carboxylic acid groups (broad SMARTS) is 1. The lowest BCUT2D eigenvalue weighted by Crippen LogP contribution is -2.37. The quantitative estimate of drug-likeness (QED) is 0.839. The number of carboxylic acids is 1. The molecule has 1 N–H and O–H groups in total. The van der Waals surface area contributed by atoms with Gasteiger partial charge in [-0.1, -0.05) is 6.07 Å². The van der Waals surface area contributed by atoms with Gasteiger partial charge in [-0.05, 0) is 30.9 Å². The number of hydrogen-bond acceptors (Lipinski definition) is 3. The fourth-order valence-electron chi connectivity index (χ4n) is 1.71. The zero-order valence-electron chi connectivity index (χ0n) is 11.8. The van der Waals surface area contributed by atoms with Gasteiger partial charge >= 0.3 is 5.97 Å². The minimum Gasteiger partial charge on any atom is -0.481 e. The van der Waals surface area contributed by atoms with Gasteiger partial charge in [0.05, 0.1) is 11.7 Å². The first kappa shape index (κ1) is 17.4. The van der Waals surface area contributed by atoms with Crippen LogP contribution in [0.25, 0.3) is 0 Å². The summed E-state index contributed by atoms with van der Waals surface area (Å²) in [5.41, 5.74) is 0.418. The van der Waals surface area contributed by atoms with Crippen molar-refractivity contribution in [2.24, 2.45) is 0 Å². The molecule has 1 atom stereocenters. The number of hydrogen-bond donors (Lipinski definition) is 1. The summed E-state index contributed by atoms with van der Waals surface area (Å²) in [5.74, 6) is -3.20. The smallest absolute Gasteiger partial charge is 0.305 e. The molecule has 116 valence electrons. The predicted molar refractivity (Wildman–Crippen MR) is 77.0 cm³/mol. The van der Waals surface area contributed by atoms with Crippen molar-refractivity contribution in [2.75, 3.05) is 12.8 Å². The number of benzene rings is 1. The summed E-state index contributed by atoms with van der Waals surface area (Å²) in [6.07, 6.45) is 1.58. The molecule has 0 aromatic heterocycles. The number of rotatable bonds is 7. The van der Waals surface area contributed by atoms with Crippen LogP contribution in [-0.4, -0.2) is 39.9 Å². The molecule has 7 heteroatoms. The van der Waals surface area contributed by atoms with E-state index in [4.69, 9.17) is 5.11 Å². The third-order valence-electron chi connectivity index (χ3n) is 2.97. The molecule has 1 aromatic carbocycles. The zero-order valence-corrected chi connectivity index (χ0v) is 12.6. The lowest BCUT2D eigenvalue weighted by atomic mass is 10.2. The molecule has 0 fully saturated rings. The maximum atomic E-state index is 13.2. The van der Waals surface area contributed by atoms with Crippen molar-refractivity contribution >= 4 is 23.6 Å². The number of halogens is 2. The standard InChI is InChI=1S/C14H17F2NO3S/c1-9(21-2)14(20)17(6-5-13(18)19)8-10-3-4-11(15)12(16)7-10/h3-4,7,9H,5-6,8H2,1-2H3,(H,18,19). The topological polar surface area (TPSA) is 57.6 Å². The van der Waals surface area contributed by atoms with Gasteiger partial charge in [-0.15, -0.1) is 0 Å². The van der Waals surface area contributed by atoms with Crippen LogP contribution < -0.4 is 0 Å². The van der Waals surface area contributed by atoms with Crippen LogP contribution in [0.4, 0.5) is 8.78 Å². The van der Waals surface area contributed by atoms with Gasteiger partial charge in [0.25, 0.3) is 0 Å². The second-order valence-corrected chi connectivity index (χ2v) is 5.71. The number of nitrogens with zero attached hydrogens (tertiary/aromatic N) is 1. The van der Waals surface area contributed by atoms with Crippen LogP contribution in [0, 0.1) is 11.6 Å². The summed E-state index contributed by atoms with van der Waals surface area (Å²) in [4.78, 5) is 24.2. The lowest BCUT2D eigenvalue weighted by Gasteiger charge is -2.24. The van der Waals surface area contributed by atoms with Gasteiger partial charge < -0.3 is 10.0 Å². The molecular formula is C14H17F2NO3S. The average Bonchev–Trinajstić information content (AvgIpc) is 2.45. The maximum Gasteiger partial charge on any atom is 0.305 e. The van der Waals surface area contributed by atoms with Gasteiger partial charge in [-0.3, -0.25) is 9.59 Å². The highest BCUT2D eigenvalue weighted by Gasteiger charge is 2.21. The minimum absolute atomic E-state index is 0.0259. The first-order chi connectivity index (χ1) is 9.85. The zero-order chi connectivity index (χ0) is 16.0. The van der Waals surface area contributed by atoms with Crippen LogP contribution in [-0.2, 0) is 16.1 Å². The molecule has 1 unspecified atom stereocenters. The molecule has 1 aromatic rings. The molecule has 0 radical (unpaired) electrons. The van der Waals surface area contributed by atoms with Gasteiger partial charge in [0, 0.05) is 13.1 Å². The Morgan fingerprint density at radius 3 is 2.52 bits per heavy atom. The van der Waals surface area contributed by atoms with Crippen molar-refractivity contribution in [3.63, 3.8) is 0 Å². The van der Waals surface area contributed by atoms with Crippen molar-refractivity contribution in [3.8, 4) is 0 Å². The third-order valence-corrected chi connectivity index (χ3v) is 3.87. The van der Waals surface area contributed by atoms with E-state index in [1.165, 1.54) is 22.7 Å². The molecule has 0 spiro atoms. The van der Waals surface area contributed by atoms with E-state index in [-0.39, 0.29) is 30.7 Å². The second kappa shape index (κ2) is 7.97. The molecule has 21 heavy (non-hydrogen) atoms. The minimum atomic E-state index is -1.02. The van der Waals surface area contributed by atoms with Crippen molar-refractivity contribution in [2.45, 2.75) is 25.1 Å². The van der Waals surface area contributed by atoms with E-state index in [1.807, 2.05) is 0 Å². The summed E-state index contributed by atoms with van der Waals surface area (Å²) < 4.78 is 26.1. The van der Waals surface area contributed by atoms with Crippen LogP contribution in [0.2, 0.25) is 0 Å². The Morgan fingerprint density at radius 1 is 1.33 bits per heavy atom. The summed E-state index contributed by atoms with van der Waals surface area (Å²) in [6.45, 7) is 1.79. The molecule has 0 aliphatic carbocycles. The highest BCUT2D eigenvalue weighted by molar-refractivity contribution is 7.99. The van der Waals surface area contributed by atoms with Crippen LogP contribution in [0.3, 0.4) is 0 Å². The van der Waals surface area contributed by atoms with E-state index in [2.05, 4.69) is 0 Å². The van der Waals surface area contributed by atoms with Crippen LogP contribution in [0.5, 0.6) is 0 Å². The molecule has 0 aliphatic rings. The predicted octanol–water partition coefficient (Wildman–Crippen LogP) is 2.52. The van der Waals surface area contributed by atoms with E-state index in [0.717, 1.165) is 12.1 Å². The Morgan fingerprint density at radius 2 is 2.00 bits per heavy atom. The van der Waals surface area contributed by atoms with Gasteiger partial charge in [0.15, 0.2) is 11.6 Å². The summed E-state index contributed by atoms with van der Waals surface area (Å²) in [7, 11) is 0. The first-order valence-corrected chi connectivity index (χ1v) is 7.61. The molecule has 0 saturated carbocycles. The molecule has 4 nitrogen and oxygen atoms in total. The van der Waals surface area contributed by atoms with Gasteiger partial charge in [0.1, 0.15) is 0 Å². The van der Waals surface area contributed by atoms with Crippen LogP contribution in [0.1, 0.15) is 18.9 Å². The fraction of sp³-hybridized carbons (Fsp3) is 0.429. The fourth-order valence-corrected chi connectivity index (χ4v) is 2.06. The third kappa shape index (κ3) is 5.34. The Labute approximate surface area is 126 Å². The molecule has 1 rings (SSSR count). The van der Waals surface area contributed by atoms with Crippen LogP contribution in [0.15, 0.2) is 18.2 Å². The molecule has 1 amide bonds.